The van der Waals surface area contributed by atoms with Gasteiger partial charge in [-0.3, -0.25) is 4.90 Å². The van der Waals surface area contributed by atoms with E-state index in [4.69, 9.17) is 11.6 Å². The van der Waals surface area contributed by atoms with E-state index in [1.807, 2.05) is 12.1 Å². The summed E-state index contributed by atoms with van der Waals surface area (Å²) < 4.78 is 0. The van der Waals surface area contributed by atoms with Crippen LogP contribution in [0.2, 0.25) is 5.02 Å². The summed E-state index contributed by atoms with van der Waals surface area (Å²) in [4.78, 5) is 6.25. The van der Waals surface area contributed by atoms with Crippen LogP contribution in [0.25, 0.3) is 16.5 Å². The summed E-state index contributed by atoms with van der Waals surface area (Å²) in [6.45, 7) is 3.37. The maximum Gasteiger partial charge on any atom is 0.0481 e. The summed E-state index contributed by atoms with van der Waals surface area (Å²) in [7, 11) is 0. The zero-order chi connectivity index (χ0) is 18.2. The van der Waals surface area contributed by atoms with Gasteiger partial charge in [-0.25, -0.2) is 0 Å². The van der Waals surface area contributed by atoms with Gasteiger partial charge in [-0.05, 0) is 60.4 Å². The number of nitrogens with one attached hydrogen (secondary N) is 1. The Morgan fingerprint density at radius 3 is 2.74 bits per heavy atom. The lowest BCUT2D eigenvalue weighted by molar-refractivity contribution is 0.238. The average molecular weight is 377 g/mol. The van der Waals surface area contributed by atoms with Gasteiger partial charge in [0.15, 0.2) is 0 Å². The number of hydrogen-bond donors (Lipinski definition) is 1. The molecule has 1 aliphatic heterocycles. The van der Waals surface area contributed by atoms with Crippen LogP contribution in [0, 0.1) is 5.92 Å². The number of fused-ring (bicyclic) bond motifs is 3. The van der Waals surface area contributed by atoms with Gasteiger partial charge < -0.3 is 4.98 Å². The van der Waals surface area contributed by atoms with Crippen LogP contribution in [0.1, 0.15) is 29.7 Å². The summed E-state index contributed by atoms with van der Waals surface area (Å²) >= 11 is 6.38. The van der Waals surface area contributed by atoms with E-state index < -0.39 is 0 Å². The van der Waals surface area contributed by atoms with Crippen LogP contribution < -0.4 is 0 Å². The van der Waals surface area contributed by atoms with E-state index >= 15 is 0 Å². The predicted molar refractivity (Wildman–Crippen MR) is 114 cm³/mol. The number of H-pyrrole nitrogens is 1. The smallest absolute Gasteiger partial charge is 0.0481 e. The number of para-hydroxylation sites is 1. The molecule has 1 unspecified atom stereocenters. The quantitative estimate of drug-likeness (QED) is 0.619. The Morgan fingerprint density at radius 1 is 1.04 bits per heavy atom. The lowest BCUT2D eigenvalue weighted by Gasteiger charge is -2.32. The van der Waals surface area contributed by atoms with Gasteiger partial charge in [0.05, 0.1) is 0 Å². The fourth-order valence-electron chi connectivity index (χ4n) is 4.81. The first-order valence-electron chi connectivity index (χ1n) is 10.0. The van der Waals surface area contributed by atoms with E-state index in [1.165, 1.54) is 53.5 Å². The molecule has 3 heteroatoms. The summed E-state index contributed by atoms with van der Waals surface area (Å²) in [6, 6.07) is 17.0. The topological polar surface area (TPSA) is 19.0 Å². The molecule has 3 aromatic rings. The highest BCUT2D eigenvalue weighted by atomic mass is 35.5. The van der Waals surface area contributed by atoms with E-state index in [1.54, 1.807) is 5.56 Å². The minimum absolute atomic E-state index is 0.756. The minimum Gasteiger partial charge on any atom is -0.358 e. The van der Waals surface area contributed by atoms with E-state index in [-0.39, 0.29) is 0 Å². The highest BCUT2D eigenvalue weighted by Gasteiger charge is 2.25. The Balaban J connectivity index is 1.27. The molecule has 2 heterocycles. The van der Waals surface area contributed by atoms with Crippen molar-refractivity contribution in [1.29, 1.82) is 0 Å². The van der Waals surface area contributed by atoms with Crippen molar-refractivity contribution < 1.29 is 0 Å². The molecule has 0 saturated heterocycles. The van der Waals surface area contributed by atoms with Gasteiger partial charge in [0.2, 0.25) is 0 Å². The third kappa shape index (κ3) is 3.33. The molecule has 1 aromatic heterocycles. The molecule has 1 atom stereocenters. The third-order valence-corrected chi connectivity index (χ3v) is 6.56. The van der Waals surface area contributed by atoms with Crippen LogP contribution in [0.15, 0.2) is 54.6 Å². The first kappa shape index (κ1) is 17.1. The third-order valence-electron chi connectivity index (χ3n) is 6.23. The molecule has 0 spiro atoms. The number of benzene rings is 2. The summed E-state index contributed by atoms with van der Waals surface area (Å²) in [5.74, 6) is 0.756. The lowest BCUT2D eigenvalue weighted by Crippen LogP contribution is -2.35. The zero-order valence-corrected chi connectivity index (χ0v) is 16.3. The van der Waals surface area contributed by atoms with E-state index in [0.29, 0.717) is 0 Å². The van der Waals surface area contributed by atoms with Gasteiger partial charge in [-0.15, -0.1) is 0 Å². The number of nitrogens with zero attached hydrogens (tertiary/aromatic N) is 1. The second kappa shape index (κ2) is 7.18. The highest BCUT2D eigenvalue weighted by Crippen LogP contribution is 2.33. The fourth-order valence-corrected chi connectivity index (χ4v) is 5.06. The highest BCUT2D eigenvalue weighted by molar-refractivity contribution is 6.32. The molecule has 0 saturated carbocycles. The molecule has 27 heavy (non-hydrogen) atoms. The molecule has 0 amide bonds. The van der Waals surface area contributed by atoms with Crippen molar-refractivity contribution in [1.82, 2.24) is 9.88 Å². The summed E-state index contributed by atoms with van der Waals surface area (Å²) in [6.07, 6.45) is 7.15. The van der Waals surface area contributed by atoms with Crippen LogP contribution in [-0.2, 0) is 12.8 Å². The Bertz CT molecular complexity index is 1000. The van der Waals surface area contributed by atoms with Gasteiger partial charge in [-0.2, -0.15) is 0 Å². The molecule has 0 bridgehead atoms. The van der Waals surface area contributed by atoms with Gasteiger partial charge in [-0.1, -0.05) is 54.1 Å². The average Bonchev–Trinajstić information content (AvgIpc) is 3.07. The summed E-state index contributed by atoms with van der Waals surface area (Å²) in [5, 5.41) is 2.30. The van der Waals surface area contributed by atoms with E-state index in [9.17, 15) is 0 Å². The molecule has 1 aliphatic carbocycles. The van der Waals surface area contributed by atoms with Crippen LogP contribution in [0.4, 0.5) is 0 Å². The number of aryl methyl sites for hydroxylation is 1. The molecule has 0 fully saturated rings. The molecule has 138 valence electrons. The second-order valence-electron chi connectivity index (χ2n) is 7.96. The van der Waals surface area contributed by atoms with Crippen molar-refractivity contribution in [3.05, 3.63) is 76.5 Å². The molecule has 5 rings (SSSR count). The largest absolute Gasteiger partial charge is 0.358 e. The molecule has 2 aromatic carbocycles. The van der Waals surface area contributed by atoms with Gasteiger partial charge >= 0.3 is 0 Å². The van der Waals surface area contributed by atoms with E-state index in [0.717, 1.165) is 30.5 Å². The van der Waals surface area contributed by atoms with Crippen molar-refractivity contribution in [2.24, 2.45) is 5.92 Å². The SMILES string of the molecule is Clc1ccccc1C1=CCN(CC2CCc3[nH]c4ccccc4c3C2)CC1. The molecule has 1 N–H and O–H groups in total. The van der Waals surface area contributed by atoms with Gasteiger partial charge in [0.25, 0.3) is 0 Å². The van der Waals surface area contributed by atoms with Crippen molar-refractivity contribution in [2.75, 3.05) is 19.6 Å². The van der Waals surface area contributed by atoms with Gasteiger partial charge in [0.1, 0.15) is 0 Å². The van der Waals surface area contributed by atoms with Crippen LogP contribution in [0.5, 0.6) is 0 Å². The molecular weight excluding hydrogens is 352 g/mol. The Hall–Kier alpha value is -2.03. The normalized spacial score (nSPS) is 20.5. The second-order valence-corrected chi connectivity index (χ2v) is 8.36. The number of halogens is 1. The number of aromatic amines is 1. The van der Waals surface area contributed by atoms with Crippen molar-refractivity contribution in [3.8, 4) is 0 Å². The molecule has 0 radical (unpaired) electrons. The van der Waals surface area contributed by atoms with Crippen LogP contribution >= 0.6 is 11.6 Å². The number of hydrogen-bond acceptors (Lipinski definition) is 1. The molecule has 2 nitrogen and oxygen atoms in total. The van der Waals surface area contributed by atoms with Crippen molar-refractivity contribution >= 4 is 28.1 Å². The lowest BCUT2D eigenvalue weighted by atomic mass is 9.85. The minimum atomic E-state index is 0.756. The monoisotopic (exact) mass is 376 g/mol. The number of rotatable bonds is 3. The molecule has 2 aliphatic rings. The molecular formula is C24H25ClN2. The first-order chi connectivity index (χ1) is 13.3. The standard InChI is InChI=1S/C24H25ClN2/c25-22-7-3-1-5-19(22)18-11-13-27(14-12-18)16-17-9-10-24-21(15-17)20-6-2-4-8-23(20)26-24/h1-8,11,17,26H,9-10,12-16H2. The van der Waals surface area contributed by atoms with Crippen molar-refractivity contribution in [2.45, 2.75) is 25.7 Å². The van der Waals surface area contributed by atoms with Gasteiger partial charge in [0, 0.05) is 41.3 Å². The zero-order valence-electron chi connectivity index (χ0n) is 15.5. The maximum absolute atomic E-state index is 6.38. The fraction of sp³-hybridized carbons (Fsp3) is 0.333. The van der Waals surface area contributed by atoms with Crippen LogP contribution in [0.3, 0.4) is 0 Å². The van der Waals surface area contributed by atoms with E-state index in [2.05, 4.69) is 52.4 Å². The Kier molecular flexibility index (Phi) is 4.55. The maximum atomic E-state index is 6.38. The number of aromatic nitrogens is 1. The first-order valence-corrected chi connectivity index (χ1v) is 10.4. The van der Waals surface area contributed by atoms with Crippen LogP contribution in [-0.4, -0.2) is 29.5 Å². The predicted octanol–water partition coefficient (Wildman–Crippen LogP) is 5.72. The van der Waals surface area contributed by atoms with Crippen molar-refractivity contribution in [3.63, 3.8) is 0 Å². The Labute approximate surface area is 165 Å². The summed E-state index contributed by atoms with van der Waals surface area (Å²) in [5.41, 5.74) is 6.94. The Morgan fingerprint density at radius 2 is 1.89 bits per heavy atom.